The Bertz CT molecular complexity index is 658. The second kappa shape index (κ2) is 9.84. The summed E-state index contributed by atoms with van der Waals surface area (Å²) in [6.07, 6.45) is 1.49. The normalized spacial score (nSPS) is 19.0. The number of rotatable bonds is 2. The SMILES string of the molecule is CC.CC(C)c1cccc(N2CCOC3(CCN(C(=O)OC(C)(C)C)CC3)C2)c1. The molecule has 2 fully saturated rings. The van der Waals surface area contributed by atoms with Gasteiger partial charge in [-0.1, -0.05) is 39.8 Å². The monoisotopic (exact) mass is 404 g/mol. The van der Waals surface area contributed by atoms with Crippen LogP contribution >= 0.6 is 0 Å². The number of benzene rings is 1. The van der Waals surface area contributed by atoms with Gasteiger partial charge in [0.2, 0.25) is 0 Å². The fourth-order valence-electron chi connectivity index (χ4n) is 3.87. The summed E-state index contributed by atoms with van der Waals surface area (Å²) >= 11 is 0. The molecule has 5 heteroatoms. The second-order valence-electron chi connectivity index (χ2n) is 9.17. The molecule has 1 amide bonds. The van der Waals surface area contributed by atoms with Crippen molar-refractivity contribution in [1.29, 1.82) is 0 Å². The lowest BCUT2D eigenvalue weighted by Crippen LogP contribution is -2.58. The summed E-state index contributed by atoms with van der Waals surface area (Å²) in [7, 11) is 0. The number of piperidine rings is 1. The van der Waals surface area contributed by atoms with Crippen molar-refractivity contribution in [3.8, 4) is 0 Å². The van der Waals surface area contributed by atoms with Crippen molar-refractivity contribution in [1.82, 2.24) is 4.90 Å². The molecule has 0 bridgehead atoms. The maximum absolute atomic E-state index is 12.3. The van der Waals surface area contributed by atoms with Gasteiger partial charge in [0, 0.05) is 31.9 Å². The minimum atomic E-state index is -0.453. The smallest absolute Gasteiger partial charge is 0.410 e. The molecule has 2 saturated heterocycles. The van der Waals surface area contributed by atoms with Crippen molar-refractivity contribution in [2.24, 2.45) is 0 Å². The lowest BCUT2D eigenvalue weighted by atomic mass is 9.89. The van der Waals surface area contributed by atoms with Crippen LogP contribution in [0.1, 0.15) is 72.8 Å². The van der Waals surface area contributed by atoms with Gasteiger partial charge in [-0.2, -0.15) is 0 Å². The van der Waals surface area contributed by atoms with Gasteiger partial charge in [-0.15, -0.1) is 0 Å². The molecule has 2 heterocycles. The third-order valence-corrected chi connectivity index (χ3v) is 5.48. The number of morpholine rings is 1. The Labute approximate surface area is 177 Å². The lowest BCUT2D eigenvalue weighted by molar-refractivity contribution is -0.0912. The Morgan fingerprint density at radius 3 is 2.38 bits per heavy atom. The third kappa shape index (κ3) is 6.36. The largest absolute Gasteiger partial charge is 0.444 e. The predicted octanol–water partition coefficient (Wildman–Crippen LogP) is 5.44. The topological polar surface area (TPSA) is 42.0 Å². The fraction of sp³-hybridized carbons (Fsp3) is 0.708. The van der Waals surface area contributed by atoms with Gasteiger partial charge in [0.25, 0.3) is 0 Å². The van der Waals surface area contributed by atoms with Crippen LogP contribution in [0.4, 0.5) is 10.5 Å². The molecule has 5 nitrogen and oxygen atoms in total. The molecule has 1 aromatic carbocycles. The maximum atomic E-state index is 12.3. The molecule has 1 spiro atoms. The van der Waals surface area contributed by atoms with Crippen LogP contribution in [0.25, 0.3) is 0 Å². The number of amides is 1. The highest BCUT2D eigenvalue weighted by Crippen LogP contribution is 2.33. The minimum absolute atomic E-state index is 0.162. The third-order valence-electron chi connectivity index (χ3n) is 5.48. The van der Waals surface area contributed by atoms with Crippen LogP contribution in [0.2, 0.25) is 0 Å². The molecule has 1 aromatic rings. The molecule has 0 aliphatic carbocycles. The van der Waals surface area contributed by atoms with Crippen molar-refractivity contribution in [2.75, 3.05) is 37.7 Å². The van der Waals surface area contributed by atoms with Gasteiger partial charge >= 0.3 is 6.09 Å². The van der Waals surface area contributed by atoms with E-state index in [-0.39, 0.29) is 11.7 Å². The quantitative estimate of drug-likeness (QED) is 0.658. The van der Waals surface area contributed by atoms with E-state index in [0.717, 1.165) is 32.5 Å². The zero-order valence-corrected chi connectivity index (χ0v) is 19.5. The first kappa shape index (κ1) is 23.5. The van der Waals surface area contributed by atoms with Crippen LogP contribution < -0.4 is 4.90 Å². The number of carbonyl (C=O) groups is 1. The highest BCUT2D eigenvalue weighted by molar-refractivity contribution is 5.68. The molecule has 0 radical (unpaired) electrons. The van der Waals surface area contributed by atoms with Crippen molar-refractivity contribution >= 4 is 11.8 Å². The summed E-state index contributed by atoms with van der Waals surface area (Å²) in [5.74, 6) is 0.525. The Kier molecular flexibility index (Phi) is 7.98. The van der Waals surface area contributed by atoms with Gasteiger partial charge in [-0.25, -0.2) is 4.79 Å². The van der Waals surface area contributed by atoms with E-state index in [2.05, 4.69) is 43.0 Å². The van der Waals surface area contributed by atoms with E-state index in [1.807, 2.05) is 39.5 Å². The Hall–Kier alpha value is -1.75. The molecule has 0 N–H and O–H groups in total. The van der Waals surface area contributed by atoms with Crippen LogP contribution in [-0.4, -0.2) is 55.0 Å². The Morgan fingerprint density at radius 1 is 1.14 bits per heavy atom. The molecule has 0 saturated carbocycles. The Balaban J connectivity index is 0.00000145. The van der Waals surface area contributed by atoms with Crippen molar-refractivity contribution in [2.45, 2.75) is 78.4 Å². The number of hydrogen-bond acceptors (Lipinski definition) is 4. The predicted molar refractivity (Wildman–Crippen MR) is 120 cm³/mol. The summed E-state index contributed by atoms with van der Waals surface area (Å²) in [6.45, 7) is 18.1. The van der Waals surface area contributed by atoms with Crippen LogP contribution in [0.3, 0.4) is 0 Å². The van der Waals surface area contributed by atoms with E-state index in [1.165, 1.54) is 11.3 Å². The van der Waals surface area contributed by atoms with E-state index in [1.54, 1.807) is 0 Å². The van der Waals surface area contributed by atoms with Gasteiger partial charge in [-0.05, 0) is 57.2 Å². The zero-order chi connectivity index (χ0) is 21.7. The van der Waals surface area contributed by atoms with Gasteiger partial charge in [-0.3, -0.25) is 0 Å². The second-order valence-corrected chi connectivity index (χ2v) is 9.17. The number of likely N-dealkylation sites (tertiary alicyclic amines) is 1. The van der Waals surface area contributed by atoms with E-state index in [0.29, 0.717) is 19.0 Å². The van der Waals surface area contributed by atoms with E-state index >= 15 is 0 Å². The molecule has 0 atom stereocenters. The number of carbonyl (C=O) groups excluding carboxylic acids is 1. The minimum Gasteiger partial charge on any atom is -0.444 e. The van der Waals surface area contributed by atoms with Crippen LogP contribution in [0.15, 0.2) is 24.3 Å². The molecular weight excluding hydrogens is 364 g/mol. The van der Waals surface area contributed by atoms with E-state index in [4.69, 9.17) is 9.47 Å². The molecule has 2 aliphatic rings. The summed E-state index contributed by atoms with van der Waals surface area (Å²) in [4.78, 5) is 16.6. The van der Waals surface area contributed by atoms with Crippen molar-refractivity contribution in [3.63, 3.8) is 0 Å². The van der Waals surface area contributed by atoms with Gasteiger partial charge in [0.15, 0.2) is 0 Å². The highest BCUT2D eigenvalue weighted by Gasteiger charge is 2.41. The van der Waals surface area contributed by atoms with Gasteiger partial charge in [0.05, 0.1) is 12.2 Å². The molecule has 164 valence electrons. The molecule has 29 heavy (non-hydrogen) atoms. The van der Waals surface area contributed by atoms with Gasteiger partial charge < -0.3 is 19.3 Å². The summed E-state index contributed by atoms with van der Waals surface area (Å²) in [5.41, 5.74) is 2.03. The zero-order valence-electron chi connectivity index (χ0n) is 19.5. The molecule has 3 rings (SSSR count). The maximum Gasteiger partial charge on any atom is 0.410 e. The van der Waals surface area contributed by atoms with Gasteiger partial charge in [0.1, 0.15) is 5.60 Å². The standard InChI is InChI=1S/C22H34N2O3.C2H6/c1-17(2)18-7-6-8-19(15-18)24-13-14-26-22(16-24)9-11-23(12-10-22)20(25)27-21(3,4)5;1-2/h6-8,15,17H,9-14,16H2,1-5H3;1-2H3. The highest BCUT2D eigenvalue weighted by atomic mass is 16.6. The summed E-state index contributed by atoms with van der Waals surface area (Å²) in [6, 6.07) is 8.85. The first-order valence-corrected chi connectivity index (χ1v) is 11.1. The average molecular weight is 405 g/mol. The fourth-order valence-corrected chi connectivity index (χ4v) is 3.87. The molecular formula is C24H40N2O3. The van der Waals surface area contributed by atoms with Crippen molar-refractivity contribution < 1.29 is 14.3 Å². The van der Waals surface area contributed by atoms with Crippen LogP contribution in [0, 0.1) is 0 Å². The first-order valence-electron chi connectivity index (χ1n) is 11.1. The molecule has 0 aromatic heterocycles. The van der Waals surface area contributed by atoms with E-state index in [9.17, 15) is 4.79 Å². The van der Waals surface area contributed by atoms with E-state index < -0.39 is 5.60 Å². The number of ether oxygens (including phenoxy) is 2. The van der Waals surface area contributed by atoms with Crippen LogP contribution in [-0.2, 0) is 9.47 Å². The van der Waals surface area contributed by atoms with Crippen molar-refractivity contribution in [3.05, 3.63) is 29.8 Å². The first-order chi connectivity index (χ1) is 13.7. The number of nitrogens with zero attached hydrogens (tertiary/aromatic N) is 2. The molecule has 2 aliphatic heterocycles. The lowest BCUT2D eigenvalue weighted by Gasteiger charge is -2.48. The average Bonchev–Trinajstić information content (AvgIpc) is 2.69. The summed E-state index contributed by atoms with van der Waals surface area (Å²) in [5, 5.41) is 0. The van der Waals surface area contributed by atoms with Crippen LogP contribution in [0.5, 0.6) is 0 Å². The number of hydrogen-bond donors (Lipinski definition) is 0. The summed E-state index contributed by atoms with van der Waals surface area (Å²) < 4.78 is 11.8. The Morgan fingerprint density at radius 2 is 1.79 bits per heavy atom. The number of anilines is 1. The molecule has 0 unspecified atom stereocenters.